The summed E-state index contributed by atoms with van der Waals surface area (Å²) in [5.74, 6) is 0. The Labute approximate surface area is 116 Å². The molecule has 0 bridgehead atoms. The number of nitrogens with two attached hydrogens (primary N) is 1. The van der Waals surface area contributed by atoms with Gasteiger partial charge in [0, 0.05) is 19.1 Å². The molecule has 19 heavy (non-hydrogen) atoms. The maximum Gasteiger partial charge on any atom is 0.0623 e. The molecule has 0 saturated carbocycles. The molecule has 0 aliphatic carbocycles. The number of aliphatic hydroxyl groups excluding tert-OH is 1. The molecule has 1 rings (SSSR count). The molecule has 0 aromatic heterocycles. The van der Waals surface area contributed by atoms with E-state index in [9.17, 15) is 5.11 Å². The monoisotopic (exact) mass is 265 g/mol. The number of methoxy groups -OCH3 is 1. The molecule has 0 aliphatic heterocycles. The van der Waals surface area contributed by atoms with Crippen LogP contribution in [-0.4, -0.2) is 31.0 Å². The lowest BCUT2D eigenvalue weighted by molar-refractivity contribution is 0.00584. The lowest BCUT2D eigenvalue weighted by Gasteiger charge is -2.34. The average molecular weight is 265 g/mol. The SMILES string of the molecule is COC(C)(C)CCC(CN)(CO)c1ccc(C)cc1. The van der Waals surface area contributed by atoms with Gasteiger partial charge in [0.05, 0.1) is 12.2 Å². The molecule has 3 N–H and O–H groups in total. The van der Waals surface area contributed by atoms with Crippen LogP contribution in [-0.2, 0) is 10.2 Å². The highest BCUT2D eigenvalue weighted by Crippen LogP contribution is 2.31. The Kier molecular flexibility index (Phi) is 5.53. The smallest absolute Gasteiger partial charge is 0.0623 e. The summed E-state index contributed by atoms with van der Waals surface area (Å²) in [6, 6.07) is 8.27. The Morgan fingerprint density at radius 2 is 1.74 bits per heavy atom. The summed E-state index contributed by atoms with van der Waals surface area (Å²) in [6.45, 7) is 6.67. The molecule has 1 unspecified atom stereocenters. The topological polar surface area (TPSA) is 55.5 Å². The number of hydrogen-bond donors (Lipinski definition) is 2. The first-order chi connectivity index (χ1) is 8.89. The van der Waals surface area contributed by atoms with Crippen LogP contribution in [0.2, 0.25) is 0 Å². The van der Waals surface area contributed by atoms with Crippen LogP contribution in [0.3, 0.4) is 0 Å². The summed E-state index contributed by atoms with van der Waals surface area (Å²) in [6.07, 6.45) is 1.67. The number of aryl methyl sites for hydroxylation is 1. The molecule has 0 spiro atoms. The van der Waals surface area contributed by atoms with Crippen LogP contribution in [0.25, 0.3) is 0 Å². The van der Waals surface area contributed by atoms with Crippen LogP contribution in [0, 0.1) is 6.92 Å². The van der Waals surface area contributed by atoms with Gasteiger partial charge in [-0.05, 0) is 39.2 Å². The van der Waals surface area contributed by atoms with Gasteiger partial charge in [-0.15, -0.1) is 0 Å². The first-order valence-electron chi connectivity index (χ1n) is 6.82. The third-order valence-electron chi connectivity index (χ3n) is 4.12. The Morgan fingerprint density at radius 1 is 1.16 bits per heavy atom. The second kappa shape index (κ2) is 6.51. The van der Waals surface area contributed by atoms with Crippen LogP contribution < -0.4 is 5.73 Å². The zero-order chi connectivity index (χ0) is 14.5. The van der Waals surface area contributed by atoms with E-state index in [2.05, 4.69) is 45.0 Å². The summed E-state index contributed by atoms with van der Waals surface area (Å²) in [7, 11) is 1.72. The van der Waals surface area contributed by atoms with Gasteiger partial charge in [0.1, 0.15) is 0 Å². The normalized spacial score (nSPS) is 15.3. The summed E-state index contributed by atoms with van der Waals surface area (Å²) < 4.78 is 5.45. The maximum atomic E-state index is 9.85. The van der Waals surface area contributed by atoms with Crippen molar-refractivity contribution < 1.29 is 9.84 Å². The van der Waals surface area contributed by atoms with E-state index < -0.39 is 0 Å². The van der Waals surface area contributed by atoms with Crippen molar-refractivity contribution in [2.45, 2.75) is 44.6 Å². The van der Waals surface area contributed by atoms with Gasteiger partial charge in [-0.1, -0.05) is 29.8 Å². The highest BCUT2D eigenvalue weighted by atomic mass is 16.5. The molecule has 1 aromatic rings. The Bertz CT molecular complexity index is 380. The molecule has 0 fully saturated rings. The van der Waals surface area contributed by atoms with Crippen molar-refractivity contribution in [3.8, 4) is 0 Å². The van der Waals surface area contributed by atoms with E-state index in [0.717, 1.165) is 18.4 Å². The number of hydrogen-bond acceptors (Lipinski definition) is 3. The van der Waals surface area contributed by atoms with E-state index >= 15 is 0 Å². The molecule has 3 heteroatoms. The van der Waals surface area contributed by atoms with Crippen molar-refractivity contribution in [1.29, 1.82) is 0 Å². The van der Waals surface area contributed by atoms with Crippen LogP contribution in [0.5, 0.6) is 0 Å². The van der Waals surface area contributed by atoms with E-state index in [0.29, 0.717) is 6.54 Å². The van der Waals surface area contributed by atoms with Gasteiger partial charge in [-0.2, -0.15) is 0 Å². The average Bonchev–Trinajstić information content (AvgIpc) is 2.42. The van der Waals surface area contributed by atoms with Gasteiger partial charge < -0.3 is 15.6 Å². The van der Waals surface area contributed by atoms with Crippen LogP contribution >= 0.6 is 0 Å². The molecule has 0 heterocycles. The molecule has 3 nitrogen and oxygen atoms in total. The molecule has 0 saturated heterocycles. The number of benzene rings is 1. The number of ether oxygens (including phenoxy) is 1. The van der Waals surface area contributed by atoms with Gasteiger partial charge in [0.2, 0.25) is 0 Å². The molecular weight excluding hydrogens is 238 g/mol. The predicted molar refractivity (Wildman–Crippen MR) is 79.3 cm³/mol. The summed E-state index contributed by atoms with van der Waals surface area (Å²) in [5, 5.41) is 9.85. The number of aliphatic hydroxyl groups is 1. The highest BCUT2D eigenvalue weighted by Gasteiger charge is 2.32. The van der Waals surface area contributed by atoms with E-state index in [-0.39, 0.29) is 17.6 Å². The van der Waals surface area contributed by atoms with E-state index in [1.54, 1.807) is 7.11 Å². The Hall–Kier alpha value is -0.900. The molecule has 0 radical (unpaired) electrons. The minimum absolute atomic E-state index is 0.0619. The van der Waals surface area contributed by atoms with Crippen LogP contribution in [0.1, 0.15) is 37.8 Å². The van der Waals surface area contributed by atoms with Crippen molar-refractivity contribution in [2.24, 2.45) is 5.73 Å². The predicted octanol–water partition coefficient (Wildman–Crippen LogP) is 2.39. The molecule has 1 atom stereocenters. The van der Waals surface area contributed by atoms with Crippen LogP contribution in [0.4, 0.5) is 0 Å². The fourth-order valence-corrected chi connectivity index (χ4v) is 2.15. The molecule has 0 amide bonds. The molecular formula is C16H27NO2. The van der Waals surface area contributed by atoms with Gasteiger partial charge in [0.25, 0.3) is 0 Å². The van der Waals surface area contributed by atoms with E-state index in [1.807, 2.05) is 0 Å². The minimum atomic E-state index is -0.372. The van der Waals surface area contributed by atoms with Crippen molar-refractivity contribution in [3.63, 3.8) is 0 Å². The first-order valence-corrected chi connectivity index (χ1v) is 6.82. The quantitative estimate of drug-likeness (QED) is 0.796. The highest BCUT2D eigenvalue weighted by molar-refractivity contribution is 5.29. The van der Waals surface area contributed by atoms with Crippen molar-refractivity contribution in [2.75, 3.05) is 20.3 Å². The fourth-order valence-electron chi connectivity index (χ4n) is 2.15. The maximum absolute atomic E-state index is 9.85. The van der Waals surface area contributed by atoms with Crippen molar-refractivity contribution >= 4 is 0 Å². The first kappa shape index (κ1) is 16.2. The largest absolute Gasteiger partial charge is 0.395 e. The van der Waals surface area contributed by atoms with Gasteiger partial charge >= 0.3 is 0 Å². The van der Waals surface area contributed by atoms with Crippen molar-refractivity contribution in [1.82, 2.24) is 0 Å². The van der Waals surface area contributed by atoms with E-state index in [4.69, 9.17) is 10.5 Å². The second-order valence-corrected chi connectivity index (χ2v) is 5.97. The Balaban J connectivity index is 2.94. The lowest BCUT2D eigenvalue weighted by atomic mass is 9.75. The second-order valence-electron chi connectivity index (χ2n) is 5.97. The van der Waals surface area contributed by atoms with Crippen LogP contribution in [0.15, 0.2) is 24.3 Å². The molecule has 0 aliphatic rings. The van der Waals surface area contributed by atoms with Gasteiger partial charge in [0.15, 0.2) is 0 Å². The standard InChI is InChI=1S/C16H27NO2/c1-13-5-7-14(8-6-13)16(11-17,12-18)10-9-15(2,3)19-4/h5-8,18H,9-12,17H2,1-4H3. The van der Waals surface area contributed by atoms with Gasteiger partial charge in [-0.3, -0.25) is 0 Å². The third kappa shape index (κ3) is 4.03. The zero-order valence-electron chi connectivity index (χ0n) is 12.6. The summed E-state index contributed by atoms with van der Waals surface area (Å²) >= 11 is 0. The minimum Gasteiger partial charge on any atom is -0.395 e. The molecule has 1 aromatic carbocycles. The lowest BCUT2D eigenvalue weighted by Crippen LogP contribution is -2.40. The Morgan fingerprint density at radius 3 is 2.16 bits per heavy atom. The van der Waals surface area contributed by atoms with E-state index in [1.165, 1.54) is 5.56 Å². The van der Waals surface area contributed by atoms with Crippen molar-refractivity contribution in [3.05, 3.63) is 35.4 Å². The zero-order valence-corrected chi connectivity index (χ0v) is 12.6. The van der Waals surface area contributed by atoms with Gasteiger partial charge in [-0.25, -0.2) is 0 Å². The third-order valence-corrected chi connectivity index (χ3v) is 4.12. The molecule has 108 valence electrons. The summed E-state index contributed by atoms with van der Waals surface area (Å²) in [5.41, 5.74) is 7.71. The fraction of sp³-hybridized carbons (Fsp3) is 0.625. The number of rotatable bonds is 7. The summed E-state index contributed by atoms with van der Waals surface area (Å²) in [4.78, 5) is 0.